The van der Waals surface area contributed by atoms with Gasteiger partial charge < -0.3 is 4.42 Å². The third-order valence-corrected chi connectivity index (χ3v) is 3.23. The number of rotatable bonds is 5. The van der Waals surface area contributed by atoms with E-state index in [4.69, 9.17) is 4.42 Å². The van der Waals surface area contributed by atoms with Crippen LogP contribution in [0.25, 0.3) is 11.3 Å². The largest absolute Gasteiger partial charge is 0.455 e. The molecular weight excluding hydrogens is 313 g/mol. The summed E-state index contributed by atoms with van der Waals surface area (Å²) in [5, 5.41) is 14.9. The third kappa shape index (κ3) is 3.46. The predicted molar refractivity (Wildman–Crippen MR) is 88.4 cm³/mol. The highest BCUT2D eigenvalue weighted by Gasteiger charge is 2.11. The highest BCUT2D eigenvalue weighted by atomic mass is 19.1. The molecule has 0 atom stereocenters. The minimum Gasteiger partial charge on any atom is -0.455 e. The summed E-state index contributed by atoms with van der Waals surface area (Å²) >= 11 is 0. The number of hydrogen-bond donors (Lipinski definition) is 1. The minimum absolute atomic E-state index is 0.0684. The SMILES string of the molecule is O=[N+]([O-])c1ccccc1N/N=C/c1ccc(-c2ccc(F)cc2)o1. The standard InChI is InChI=1S/C17H12FN3O3/c18-13-7-5-12(6-8-13)17-10-9-14(24-17)11-19-20-15-3-1-2-4-16(15)21(22)23/h1-11,20H/b19-11+. The first-order chi connectivity index (χ1) is 11.6. The average Bonchev–Trinajstić information content (AvgIpc) is 3.05. The Hall–Kier alpha value is -3.48. The number of hydrogen-bond acceptors (Lipinski definition) is 5. The highest BCUT2D eigenvalue weighted by Crippen LogP contribution is 2.24. The van der Waals surface area contributed by atoms with Crippen LogP contribution in [0.5, 0.6) is 0 Å². The molecule has 1 aromatic heterocycles. The van der Waals surface area contributed by atoms with Gasteiger partial charge in [0.25, 0.3) is 5.69 Å². The van der Waals surface area contributed by atoms with Crippen LogP contribution in [0, 0.1) is 15.9 Å². The number of nitrogens with one attached hydrogen (secondary N) is 1. The second kappa shape index (κ2) is 6.74. The van der Waals surface area contributed by atoms with Gasteiger partial charge in [-0.2, -0.15) is 5.10 Å². The maximum Gasteiger partial charge on any atom is 0.294 e. The number of nitrogens with zero attached hydrogens (tertiary/aromatic N) is 2. The van der Waals surface area contributed by atoms with Crippen LogP contribution in [0.3, 0.4) is 0 Å². The van der Waals surface area contributed by atoms with Gasteiger partial charge in [-0.25, -0.2) is 4.39 Å². The zero-order valence-electron chi connectivity index (χ0n) is 12.3. The van der Waals surface area contributed by atoms with Gasteiger partial charge in [0.2, 0.25) is 0 Å². The molecule has 0 unspecified atom stereocenters. The molecule has 0 amide bonds. The van der Waals surface area contributed by atoms with Crippen LogP contribution in [0.4, 0.5) is 15.8 Å². The maximum absolute atomic E-state index is 12.9. The topological polar surface area (TPSA) is 80.7 Å². The van der Waals surface area contributed by atoms with Gasteiger partial charge in [0, 0.05) is 11.6 Å². The summed E-state index contributed by atoms with van der Waals surface area (Å²) in [7, 11) is 0. The molecule has 6 nitrogen and oxygen atoms in total. The second-order valence-corrected chi connectivity index (χ2v) is 4.85. The van der Waals surface area contributed by atoms with Crippen LogP contribution in [0.2, 0.25) is 0 Å². The second-order valence-electron chi connectivity index (χ2n) is 4.85. The van der Waals surface area contributed by atoms with Crippen molar-refractivity contribution in [3.8, 4) is 11.3 Å². The fourth-order valence-corrected chi connectivity index (χ4v) is 2.08. The Morgan fingerprint density at radius 3 is 2.58 bits per heavy atom. The first-order valence-corrected chi connectivity index (χ1v) is 7.02. The van der Waals surface area contributed by atoms with Crippen LogP contribution in [0.1, 0.15) is 5.76 Å². The Bertz CT molecular complexity index is 888. The van der Waals surface area contributed by atoms with E-state index < -0.39 is 4.92 Å². The molecule has 24 heavy (non-hydrogen) atoms. The Kier molecular flexibility index (Phi) is 4.33. The molecule has 0 saturated carbocycles. The van der Waals surface area contributed by atoms with Gasteiger partial charge in [0.05, 0.1) is 11.1 Å². The molecule has 0 aliphatic carbocycles. The smallest absolute Gasteiger partial charge is 0.294 e. The zero-order valence-corrected chi connectivity index (χ0v) is 12.3. The minimum atomic E-state index is -0.489. The van der Waals surface area contributed by atoms with Crippen molar-refractivity contribution in [2.24, 2.45) is 5.10 Å². The molecule has 0 aliphatic heterocycles. The van der Waals surface area contributed by atoms with Crippen LogP contribution in [0.15, 0.2) is 70.2 Å². The lowest BCUT2D eigenvalue weighted by Gasteiger charge is -2.00. The summed E-state index contributed by atoms with van der Waals surface area (Å²) in [5.41, 5.74) is 3.57. The first kappa shape index (κ1) is 15.4. The monoisotopic (exact) mass is 325 g/mol. The molecular formula is C17H12FN3O3. The van der Waals surface area contributed by atoms with Gasteiger partial charge in [-0.3, -0.25) is 15.5 Å². The quantitative estimate of drug-likeness (QED) is 0.427. The molecule has 120 valence electrons. The van der Waals surface area contributed by atoms with Crippen LogP contribution in [-0.4, -0.2) is 11.1 Å². The fraction of sp³-hybridized carbons (Fsp3) is 0. The normalized spacial score (nSPS) is 10.9. The number of hydrazone groups is 1. The number of halogens is 1. The van der Waals surface area contributed by atoms with E-state index in [9.17, 15) is 14.5 Å². The van der Waals surface area contributed by atoms with Gasteiger partial charge in [-0.1, -0.05) is 12.1 Å². The zero-order chi connectivity index (χ0) is 16.9. The van der Waals surface area contributed by atoms with E-state index in [2.05, 4.69) is 10.5 Å². The van der Waals surface area contributed by atoms with Crippen molar-refractivity contribution in [1.29, 1.82) is 0 Å². The van der Waals surface area contributed by atoms with Crippen LogP contribution >= 0.6 is 0 Å². The van der Waals surface area contributed by atoms with E-state index in [0.29, 0.717) is 11.5 Å². The molecule has 0 aliphatic rings. The number of anilines is 1. The Balaban J connectivity index is 1.72. The predicted octanol–water partition coefficient (Wildman–Crippen LogP) is 4.44. The lowest BCUT2D eigenvalue weighted by atomic mass is 10.2. The van der Waals surface area contributed by atoms with Gasteiger partial charge in [0.15, 0.2) is 0 Å². The van der Waals surface area contributed by atoms with E-state index in [1.165, 1.54) is 24.4 Å². The van der Waals surface area contributed by atoms with E-state index in [1.54, 1.807) is 42.5 Å². The van der Waals surface area contributed by atoms with Crippen molar-refractivity contribution in [2.75, 3.05) is 5.43 Å². The molecule has 3 rings (SSSR count). The Morgan fingerprint density at radius 1 is 1.08 bits per heavy atom. The number of nitro groups is 1. The molecule has 1 heterocycles. The molecule has 3 aromatic rings. The third-order valence-electron chi connectivity index (χ3n) is 3.23. The summed E-state index contributed by atoms with van der Waals surface area (Å²) in [6.45, 7) is 0. The van der Waals surface area contributed by atoms with Gasteiger partial charge in [0.1, 0.15) is 23.0 Å². The molecule has 7 heteroatoms. The molecule has 0 spiro atoms. The van der Waals surface area contributed by atoms with E-state index in [-0.39, 0.29) is 17.2 Å². The Labute approximate surface area is 136 Å². The van der Waals surface area contributed by atoms with Gasteiger partial charge in [-0.15, -0.1) is 0 Å². The molecule has 0 bridgehead atoms. The lowest BCUT2D eigenvalue weighted by Crippen LogP contribution is -1.96. The summed E-state index contributed by atoms with van der Waals surface area (Å²) < 4.78 is 18.5. The van der Waals surface area contributed by atoms with E-state index in [1.807, 2.05) is 0 Å². The van der Waals surface area contributed by atoms with Gasteiger partial charge in [-0.05, 0) is 42.5 Å². The number of nitro benzene ring substituents is 1. The highest BCUT2D eigenvalue weighted by molar-refractivity contribution is 5.78. The fourth-order valence-electron chi connectivity index (χ4n) is 2.08. The average molecular weight is 325 g/mol. The summed E-state index contributed by atoms with van der Waals surface area (Å²) in [5.74, 6) is 0.711. The number of benzene rings is 2. The first-order valence-electron chi connectivity index (χ1n) is 7.02. The van der Waals surface area contributed by atoms with Crippen LogP contribution < -0.4 is 5.43 Å². The lowest BCUT2D eigenvalue weighted by molar-refractivity contribution is -0.384. The van der Waals surface area contributed by atoms with Crippen molar-refractivity contribution in [1.82, 2.24) is 0 Å². The molecule has 1 N–H and O–H groups in total. The maximum atomic E-state index is 12.9. The number of furan rings is 1. The van der Waals surface area contributed by atoms with Crippen molar-refractivity contribution in [2.45, 2.75) is 0 Å². The summed E-state index contributed by atoms with van der Waals surface area (Å²) in [6.07, 6.45) is 1.41. The molecule has 2 aromatic carbocycles. The summed E-state index contributed by atoms with van der Waals surface area (Å²) in [4.78, 5) is 10.4. The molecule has 0 fully saturated rings. The van der Waals surface area contributed by atoms with Crippen molar-refractivity contribution in [3.63, 3.8) is 0 Å². The summed E-state index contributed by atoms with van der Waals surface area (Å²) in [6, 6.07) is 15.5. The van der Waals surface area contributed by atoms with Crippen molar-refractivity contribution < 1.29 is 13.7 Å². The molecule has 0 radical (unpaired) electrons. The van der Waals surface area contributed by atoms with Gasteiger partial charge >= 0.3 is 0 Å². The van der Waals surface area contributed by atoms with E-state index >= 15 is 0 Å². The number of para-hydroxylation sites is 2. The van der Waals surface area contributed by atoms with Crippen molar-refractivity contribution in [3.05, 3.63) is 82.4 Å². The Morgan fingerprint density at radius 2 is 1.83 bits per heavy atom. The van der Waals surface area contributed by atoms with E-state index in [0.717, 1.165) is 5.56 Å². The van der Waals surface area contributed by atoms with Crippen LogP contribution in [-0.2, 0) is 0 Å². The molecule has 0 saturated heterocycles. The van der Waals surface area contributed by atoms with Crippen molar-refractivity contribution >= 4 is 17.6 Å².